The van der Waals surface area contributed by atoms with E-state index in [1.807, 2.05) is 11.8 Å². The fourth-order valence-corrected chi connectivity index (χ4v) is 2.67. The zero-order valence-electron chi connectivity index (χ0n) is 9.73. The Bertz CT molecular complexity index is 466. The summed E-state index contributed by atoms with van der Waals surface area (Å²) >= 11 is 1.37. The molecule has 1 fully saturated rings. The van der Waals surface area contributed by atoms with E-state index >= 15 is 0 Å². The van der Waals surface area contributed by atoms with Gasteiger partial charge in [0.05, 0.1) is 10.8 Å². The quantitative estimate of drug-likeness (QED) is 0.639. The summed E-state index contributed by atoms with van der Waals surface area (Å²) in [7, 11) is 0. The van der Waals surface area contributed by atoms with E-state index in [0.29, 0.717) is 5.75 Å². The molecule has 0 aliphatic carbocycles. The maximum absolute atomic E-state index is 11.8. The number of aromatic nitrogens is 2. The highest BCUT2D eigenvalue weighted by Gasteiger charge is 2.18. The summed E-state index contributed by atoms with van der Waals surface area (Å²) in [6.07, 6.45) is 3.73. The average molecular weight is 253 g/mol. The first kappa shape index (κ1) is 12.2. The van der Waals surface area contributed by atoms with Crippen LogP contribution in [-0.4, -0.2) is 39.6 Å². The van der Waals surface area contributed by atoms with Crippen molar-refractivity contribution in [1.29, 1.82) is 0 Å². The fraction of sp³-hybridized carbons (Fsp3) is 0.545. The van der Waals surface area contributed by atoms with E-state index in [9.17, 15) is 9.59 Å². The molecule has 1 aliphatic heterocycles. The molecule has 1 aromatic rings. The molecule has 0 aromatic carbocycles. The molecule has 1 aliphatic rings. The first-order chi connectivity index (χ1) is 8.16. The Labute approximate surface area is 104 Å². The van der Waals surface area contributed by atoms with E-state index < -0.39 is 0 Å². The minimum Gasteiger partial charge on any atom is -0.342 e. The molecule has 1 N–H and O–H groups in total. The van der Waals surface area contributed by atoms with Crippen LogP contribution in [0.4, 0.5) is 0 Å². The van der Waals surface area contributed by atoms with Crippen LogP contribution in [0.25, 0.3) is 0 Å². The van der Waals surface area contributed by atoms with Crippen molar-refractivity contribution in [3.05, 3.63) is 22.2 Å². The van der Waals surface area contributed by atoms with Crippen LogP contribution < -0.4 is 5.69 Å². The third-order valence-electron chi connectivity index (χ3n) is 2.75. The molecule has 2 rings (SSSR count). The molecule has 5 nitrogen and oxygen atoms in total. The van der Waals surface area contributed by atoms with Crippen LogP contribution in [0.5, 0.6) is 0 Å². The van der Waals surface area contributed by atoms with E-state index in [0.717, 1.165) is 36.5 Å². The Balaban J connectivity index is 1.95. The Kier molecular flexibility index (Phi) is 3.83. The maximum atomic E-state index is 11.8. The van der Waals surface area contributed by atoms with Crippen molar-refractivity contribution >= 4 is 17.7 Å². The highest BCUT2D eigenvalue weighted by molar-refractivity contribution is 7.99. The van der Waals surface area contributed by atoms with Crippen LogP contribution in [0.15, 0.2) is 16.0 Å². The molecule has 0 saturated carbocycles. The number of amides is 1. The van der Waals surface area contributed by atoms with Crippen LogP contribution in [0, 0.1) is 6.92 Å². The van der Waals surface area contributed by atoms with Gasteiger partial charge in [-0.05, 0) is 25.3 Å². The number of nitrogens with one attached hydrogen (secondary N) is 1. The van der Waals surface area contributed by atoms with Gasteiger partial charge in [0, 0.05) is 19.3 Å². The van der Waals surface area contributed by atoms with Crippen molar-refractivity contribution in [2.75, 3.05) is 18.8 Å². The summed E-state index contributed by atoms with van der Waals surface area (Å²) in [4.78, 5) is 31.0. The van der Waals surface area contributed by atoms with Gasteiger partial charge >= 0.3 is 5.69 Å². The van der Waals surface area contributed by atoms with Gasteiger partial charge in [0.25, 0.3) is 0 Å². The topological polar surface area (TPSA) is 66.1 Å². The predicted molar refractivity (Wildman–Crippen MR) is 66.1 cm³/mol. The molecule has 0 unspecified atom stereocenters. The van der Waals surface area contributed by atoms with Crippen molar-refractivity contribution < 1.29 is 4.79 Å². The van der Waals surface area contributed by atoms with Gasteiger partial charge in [0.2, 0.25) is 5.91 Å². The summed E-state index contributed by atoms with van der Waals surface area (Å²) in [5.41, 5.74) is 0.524. The van der Waals surface area contributed by atoms with E-state index in [-0.39, 0.29) is 11.6 Å². The number of aryl methyl sites for hydroxylation is 1. The highest BCUT2D eigenvalue weighted by Crippen LogP contribution is 2.19. The number of carbonyl (C=O) groups excluding carboxylic acids is 1. The zero-order chi connectivity index (χ0) is 12.3. The summed E-state index contributed by atoms with van der Waals surface area (Å²) in [5, 5.41) is 0.734. The van der Waals surface area contributed by atoms with E-state index in [1.54, 1.807) is 0 Å². The molecule has 1 amide bonds. The van der Waals surface area contributed by atoms with Crippen LogP contribution in [0.2, 0.25) is 0 Å². The Hall–Kier alpha value is -1.30. The lowest BCUT2D eigenvalue weighted by Crippen LogP contribution is -2.29. The maximum Gasteiger partial charge on any atom is 0.345 e. The Morgan fingerprint density at radius 2 is 2.24 bits per heavy atom. The second-order valence-electron chi connectivity index (χ2n) is 4.08. The SMILES string of the molecule is Cc1cnc(=O)[nH]c1SCC(=O)N1CCCC1. The molecule has 0 atom stereocenters. The highest BCUT2D eigenvalue weighted by atomic mass is 32.2. The normalized spacial score (nSPS) is 15.2. The van der Waals surface area contributed by atoms with Crippen LogP contribution >= 0.6 is 11.8 Å². The molecular weight excluding hydrogens is 238 g/mol. The van der Waals surface area contributed by atoms with Gasteiger partial charge < -0.3 is 9.88 Å². The van der Waals surface area contributed by atoms with Crippen molar-refractivity contribution in [3.8, 4) is 0 Å². The van der Waals surface area contributed by atoms with Gasteiger partial charge in [-0.15, -0.1) is 0 Å². The zero-order valence-corrected chi connectivity index (χ0v) is 10.5. The van der Waals surface area contributed by atoms with E-state index in [4.69, 9.17) is 0 Å². The van der Waals surface area contributed by atoms with Crippen molar-refractivity contribution in [2.45, 2.75) is 24.8 Å². The number of likely N-dealkylation sites (tertiary alicyclic amines) is 1. The van der Waals surface area contributed by atoms with Crippen molar-refractivity contribution in [1.82, 2.24) is 14.9 Å². The van der Waals surface area contributed by atoms with Gasteiger partial charge in [-0.3, -0.25) is 4.79 Å². The molecule has 1 saturated heterocycles. The molecule has 0 radical (unpaired) electrons. The fourth-order valence-electron chi connectivity index (χ4n) is 1.78. The van der Waals surface area contributed by atoms with E-state index in [1.165, 1.54) is 18.0 Å². The number of hydrogen-bond acceptors (Lipinski definition) is 4. The average Bonchev–Trinajstić information content (AvgIpc) is 2.83. The lowest BCUT2D eigenvalue weighted by Gasteiger charge is -2.14. The van der Waals surface area contributed by atoms with Gasteiger partial charge in [-0.2, -0.15) is 0 Å². The Morgan fingerprint density at radius 3 is 2.94 bits per heavy atom. The lowest BCUT2D eigenvalue weighted by atomic mass is 10.4. The predicted octanol–water partition coefficient (Wildman–Crippen LogP) is 0.793. The van der Waals surface area contributed by atoms with Gasteiger partial charge in [0.1, 0.15) is 0 Å². The van der Waals surface area contributed by atoms with Gasteiger partial charge in [-0.25, -0.2) is 9.78 Å². The largest absolute Gasteiger partial charge is 0.345 e. The number of carbonyl (C=O) groups is 1. The molecule has 0 bridgehead atoms. The summed E-state index contributed by atoms with van der Waals surface area (Å²) < 4.78 is 0. The van der Waals surface area contributed by atoms with Gasteiger partial charge in [0.15, 0.2) is 0 Å². The number of nitrogens with zero attached hydrogens (tertiary/aromatic N) is 2. The third-order valence-corrected chi connectivity index (χ3v) is 3.86. The minimum atomic E-state index is -0.369. The monoisotopic (exact) mass is 253 g/mol. The van der Waals surface area contributed by atoms with E-state index in [2.05, 4.69) is 9.97 Å². The number of thioether (sulfide) groups is 1. The molecule has 2 heterocycles. The van der Waals surface area contributed by atoms with Crippen LogP contribution in [-0.2, 0) is 4.79 Å². The molecule has 6 heteroatoms. The molecule has 17 heavy (non-hydrogen) atoms. The molecule has 1 aromatic heterocycles. The van der Waals surface area contributed by atoms with Crippen LogP contribution in [0.1, 0.15) is 18.4 Å². The smallest absolute Gasteiger partial charge is 0.342 e. The Morgan fingerprint density at radius 1 is 1.53 bits per heavy atom. The van der Waals surface area contributed by atoms with Crippen LogP contribution in [0.3, 0.4) is 0 Å². The second kappa shape index (κ2) is 5.35. The molecule has 0 spiro atoms. The minimum absolute atomic E-state index is 0.143. The second-order valence-corrected chi connectivity index (χ2v) is 5.06. The number of hydrogen-bond donors (Lipinski definition) is 1. The van der Waals surface area contributed by atoms with Crippen molar-refractivity contribution in [3.63, 3.8) is 0 Å². The first-order valence-electron chi connectivity index (χ1n) is 5.63. The lowest BCUT2D eigenvalue weighted by molar-refractivity contribution is -0.127. The first-order valence-corrected chi connectivity index (χ1v) is 6.62. The third kappa shape index (κ3) is 3.09. The standard InChI is InChI=1S/C11H15N3O2S/c1-8-6-12-11(16)13-10(8)17-7-9(15)14-4-2-3-5-14/h6H,2-5,7H2,1H3,(H,12,13,16). The van der Waals surface area contributed by atoms with Crippen molar-refractivity contribution in [2.24, 2.45) is 0 Å². The molecular formula is C11H15N3O2S. The van der Waals surface area contributed by atoms with Gasteiger partial charge in [-0.1, -0.05) is 11.8 Å². The summed E-state index contributed by atoms with van der Waals surface area (Å²) in [6.45, 7) is 3.60. The number of aromatic amines is 1. The summed E-state index contributed by atoms with van der Waals surface area (Å²) in [5.74, 6) is 0.519. The summed E-state index contributed by atoms with van der Waals surface area (Å²) in [6, 6.07) is 0. The number of rotatable bonds is 3. The number of H-pyrrole nitrogens is 1. The molecule has 92 valence electrons.